The van der Waals surface area contributed by atoms with Crippen LogP contribution in [0.15, 0.2) is 33.7 Å². The van der Waals surface area contributed by atoms with Gasteiger partial charge < -0.3 is 15.6 Å². The Morgan fingerprint density at radius 1 is 1.42 bits per heavy atom. The van der Waals surface area contributed by atoms with Crippen molar-refractivity contribution in [2.75, 3.05) is 17.6 Å². The highest BCUT2D eigenvalue weighted by Crippen LogP contribution is 2.34. The molecule has 3 N–H and O–H groups in total. The zero-order valence-corrected chi connectivity index (χ0v) is 11.0. The molecular formula is C13H13N3O2S. The second-order valence-corrected chi connectivity index (χ2v) is 5.29. The Hall–Kier alpha value is -1.79. The topological polar surface area (TPSA) is 81.1 Å². The largest absolute Gasteiger partial charge is 0.356 e. The van der Waals surface area contributed by atoms with Gasteiger partial charge >= 0.3 is 0 Å². The van der Waals surface area contributed by atoms with Crippen molar-refractivity contribution in [2.24, 2.45) is 5.73 Å². The number of nitrogens with one attached hydrogen (secondary N) is 1. The van der Waals surface area contributed by atoms with Gasteiger partial charge in [-0.05, 0) is 24.7 Å². The predicted molar refractivity (Wildman–Crippen MR) is 74.1 cm³/mol. The number of carbonyl (C=O) groups excluding carboxylic acids is 1. The van der Waals surface area contributed by atoms with Gasteiger partial charge in [0.2, 0.25) is 5.91 Å². The van der Waals surface area contributed by atoms with Crippen molar-refractivity contribution >= 4 is 23.4 Å². The summed E-state index contributed by atoms with van der Waals surface area (Å²) in [5.74, 6) is 1.18. The molecule has 1 aliphatic heterocycles. The summed E-state index contributed by atoms with van der Waals surface area (Å²) in [6.07, 6.45) is 0.695. The zero-order valence-electron chi connectivity index (χ0n) is 10.2. The molecule has 1 amide bonds. The van der Waals surface area contributed by atoms with E-state index in [1.807, 2.05) is 24.3 Å². The molecule has 0 unspecified atom stereocenters. The summed E-state index contributed by atoms with van der Waals surface area (Å²) in [6, 6.07) is 7.74. The Bertz CT molecular complexity index is 624. The first kappa shape index (κ1) is 12.3. The number of hydrogen-bond acceptors (Lipinski definition) is 5. The number of anilines is 1. The van der Waals surface area contributed by atoms with E-state index in [-0.39, 0.29) is 5.91 Å². The van der Waals surface area contributed by atoms with Gasteiger partial charge in [-0.2, -0.15) is 0 Å². The Labute approximate surface area is 114 Å². The third-order valence-electron chi connectivity index (χ3n) is 2.86. The molecule has 1 aromatic carbocycles. The fraction of sp³-hybridized carbons (Fsp3) is 0.231. The molecule has 0 atom stereocenters. The minimum atomic E-state index is 0.0241. The van der Waals surface area contributed by atoms with Gasteiger partial charge in [0, 0.05) is 22.9 Å². The lowest BCUT2D eigenvalue weighted by Crippen LogP contribution is -2.18. The van der Waals surface area contributed by atoms with E-state index < -0.39 is 0 Å². The first-order valence-corrected chi connectivity index (χ1v) is 6.97. The highest BCUT2D eigenvalue weighted by molar-refractivity contribution is 8.00. The van der Waals surface area contributed by atoms with Gasteiger partial charge in [-0.25, -0.2) is 0 Å². The van der Waals surface area contributed by atoms with Gasteiger partial charge in [0.05, 0.1) is 17.1 Å². The molecule has 0 saturated carbocycles. The molecule has 1 aromatic heterocycles. The first-order chi connectivity index (χ1) is 9.26. The maximum atomic E-state index is 11.4. The Morgan fingerprint density at radius 2 is 2.32 bits per heavy atom. The number of thioether (sulfide) groups is 1. The fourth-order valence-corrected chi connectivity index (χ4v) is 2.74. The molecule has 19 heavy (non-hydrogen) atoms. The van der Waals surface area contributed by atoms with Crippen LogP contribution in [0.4, 0.5) is 5.69 Å². The number of aromatic nitrogens is 1. The van der Waals surface area contributed by atoms with Crippen LogP contribution in [0.5, 0.6) is 0 Å². The Morgan fingerprint density at radius 3 is 3.16 bits per heavy atom. The number of benzene rings is 1. The molecule has 5 nitrogen and oxygen atoms in total. The average molecular weight is 275 g/mol. The molecule has 0 saturated heterocycles. The number of hydrogen-bond donors (Lipinski definition) is 2. The van der Waals surface area contributed by atoms with Gasteiger partial charge in [-0.3, -0.25) is 4.79 Å². The van der Waals surface area contributed by atoms with Crippen LogP contribution in [-0.2, 0) is 11.2 Å². The average Bonchev–Trinajstić information content (AvgIpc) is 2.87. The summed E-state index contributed by atoms with van der Waals surface area (Å²) in [7, 11) is 0. The number of carbonyl (C=O) groups is 1. The number of rotatable bonds is 3. The van der Waals surface area contributed by atoms with Crippen LogP contribution in [0.3, 0.4) is 0 Å². The molecule has 98 valence electrons. The number of fused-ring (bicyclic) bond motifs is 1. The lowest BCUT2D eigenvalue weighted by Gasteiger charge is -2.16. The van der Waals surface area contributed by atoms with Crippen molar-refractivity contribution in [2.45, 2.75) is 11.3 Å². The summed E-state index contributed by atoms with van der Waals surface area (Å²) in [5, 5.41) is 6.82. The van der Waals surface area contributed by atoms with Crippen LogP contribution in [0.25, 0.3) is 11.3 Å². The van der Waals surface area contributed by atoms with E-state index in [0.717, 1.165) is 21.8 Å². The summed E-state index contributed by atoms with van der Waals surface area (Å²) >= 11 is 1.54. The molecular weight excluding hydrogens is 262 g/mol. The van der Waals surface area contributed by atoms with Crippen LogP contribution in [0.2, 0.25) is 0 Å². The first-order valence-electron chi connectivity index (χ1n) is 5.99. The zero-order chi connectivity index (χ0) is 13.2. The van der Waals surface area contributed by atoms with Crippen molar-refractivity contribution in [1.82, 2.24) is 5.16 Å². The lowest BCUT2D eigenvalue weighted by atomic mass is 10.1. The molecule has 1 aliphatic rings. The Kier molecular flexibility index (Phi) is 3.27. The van der Waals surface area contributed by atoms with Crippen LogP contribution in [0.1, 0.15) is 5.69 Å². The van der Waals surface area contributed by atoms with Crippen LogP contribution in [-0.4, -0.2) is 23.4 Å². The molecule has 3 rings (SSSR count). The standard InChI is InChI=1S/C13H13N3O2S/c14-4-3-9-6-11(18-16-9)8-1-2-12-10(5-8)15-13(17)7-19-12/h1-2,5-6H,3-4,7,14H2,(H,15,17). The minimum Gasteiger partial charge on any atom is -0.356 e. The van der Waals surface area contributed by atoms with Crippen molar-refractivity contribution in [1.29, 1.82) is 0 Å². The van der Waals surface area contributed by atoms with E-state index in [2.05, 4.69) is 10.5 Å². The second kappa shape index (κ2) is 5.07. The van der Waals surface area contributed by atoms with Crippen LogP contribution in [0, 0.1) is 0 Å². The summed E-state index contributed by atoms with van der Waals surface area (Å²) < 4.78 is 5.30. The van der Waals surface area contributed by atoms with E-state index in [0.29, 0.717) is 24.5 Å². The summed E-state index contributed by atoms with van der Waals surface area (Å²) in [6.45, 7) is 0.545. The van der Waals surface area contributed by atoms with E-state index in [1.54, 1.807) is 0 Å². The third-order valence-corrected chi connectivity index (χ3v) is 3.93. The van der Waals surface area contributed by atoms with Crippen molar-refractivity contribution in [3.63, 3.8) is 0 Å². The van der Waals surface area contributed by atoms with Gasteiger partial charge in [0.25, 0.3) is 0 Å². The molecule has 0 bridgehead atoms. The number of nitrogens with two attached hydrogens (primary N) is 1. The van der Waals surface area contributed by atoms with E-state index in [1.165, 1.54) is 11.8 Å². The molecule has 2 heterocycles. The molecule has 0 aliphatic carbocycles. The van der Waals surface area contributed by atoms with Crippen LogP contribution < -0.4 is 11.1 Å². The smallest absolute Gasteiger partial charge is 0.234 e. The second-order valence-electron chi connectivity index (χ2n) is 4.27. The van der Waals surface area contributed by atoms with Gasteiger partial charge in [0.1, 0.15) is 0 Å². The quantitative estimate of drug-likeness (QED) is 0.894. The van der Waals surface area contributed by atoms with Gasteiger partial charge in [0.15, 0.2) is 5.76 Å². The molecule has 0 spiro atoms. The van der Waals surface area contributed by atoms with E-state index >= 15 is 0 Å². The SMILES string of the molecule is NCCc1cc(-c2ccc3c(c2)NC(=O)CS3)on1. The third kappa shape index (κ3) is 2.50. The van der Waals surface area contributed by atoms with Crippen LogP contribution >= 0.6 is 11.8 Å². The predicted octanol–water partition coefficient (Wildman–Crippen LogP) is 1.89. The highest BCUT2D eigenvalue weighted by Gasteiger charge is 2.16. The normalized spacial score (nSPS) is 14.1. The molecule has 2 aromatic rings. The maximum absolute atomic E-state index is 11.4. The van der Waals surface area contributed by atoms with Crippen molar-refractivity contribution in [3.05, 3.63) is 30.0 Å². The summed E-state index contributed by atoms with van der Waals surface area (Å²) in [4.78, 5) is 12.5. The molecule has 6 heteroatoms. The van der Waals surface area contributed by atoms with E-state index in [9.17, 15) is 4.79 Å². The monoisotopic (exact) mass is 275 g/mol. The fourth-order valence-electron chi connectivity index (χ4n) is 1.95. The highest BCUT2D eigenvalue weighted by atomic mass is 32.2. The van der Waals surface area contributed by atoms with Crippen molar-refractivity contribution in [3.8, 4) is 11.3 Å². The van der Waals surface area contributed by atoms with E-state index in [4.69, 9.17) is 10.3 Å². The number of nitrogens with zero attached hydrogens (tertiary/aromatic N) is 1. The minimum absolute atomic E-state index is 0.0241. The van der Waals surface area contributed by atoms with Gasteiger partial charge in [-0.15, -0.1) is 11.8 Å². The molecule has 0 fully saturated rings. The lowest BCUT2D eigenvalue weighted by molar-refractivity contribution is -0.113. The van der Waals surface area contributed by atoms with Gasteiger partial charge in [-0.1, -0.05) is 5.16 Å². The molecule has 0 radical (unpaired) electrons. The summed E-state index contributed by atoms with van der Waals surface area (Å²) in [5.41, 5.74) is 8.05. The maximum Gasteiger partial charge on any atom is 0.234 e. The van der Waals surface area contributed by atoms with Crippen molar-refractivity contribution < 1.29 is 9.32 Å². The Balaban J connectivity index is 1.92. The number of amides is 1.